The minimum Gasteiger partial charge on any atom is -0.336 e. The molecule has 0 spiro atoms. The number of benzene rings is 1. The zero-order valence-electron chi connectivity index (χ0n) is 16.0. The Morgan fingerprint density at radius 1 is 1.12 bits per heavy atom. The predicted octanol–water partition coefficient (Wildman–Crippen LogP) is 2.18. The quantitative estimate of drug-likeness (QED) is 0.661. The lowest BCUT2D eigenvalue weighted by Gasteiger charge is -2.25. The topological polar surface area (TPSA) is 107 Å². The fraction of sp³-hybridized carbons (Fsp3) is 0.500. The molecule has 0 radical (unpaired) electrons. The van der Waals surface area contributed by atoms with E-state index in [-0.39, 0.29) is 17.7 Å². The normalized spacial score (nSPS) is 22.8. The van der Waals surface area contributed by atoms with Gasteiger partial charge in [-0.1, -0.05) is 12.1 Å². The maximum atomic E-state index is 13.3. The summed E-state index contributed by atoms with van der Waals surface area (Å²) in [6.45, 7) is -1.13. The fourth-order valence-corrected chi connectivity index (χ4v) is 5.41. The van der Waals surface area contributed by atoms with Crippen molar-refractivity contribution in [1.29, 1.82) is 5.26 Å². The van der Waals surface area contributed by atoms with Crippen molar-refractivity contribution in [3.05, 3.63) is 29.8 Å². The Morgan fingerprint density at radius 3 is 2.22 bits per heavy atom. The molecule has 174 valence electrons. The van der Waals surface area contributed by atoms with E-state index in [9.17, 15) is 44.3 Å². The molecule has 1 N–H and O–H groups in total. The highest BCUT2D eigenvalue weighted by Crippen LogP contribution is 2.39. The lowest BCUT2D eigenvalue weighted by molar-refractivity contribution is -0.186. The number of carbonyl (C=O) groups excluding carboxylic acids is 2. The number of hydrogen-bond acceptors (Lipinski definition) is 5. The number of amides is 2. The molecule has 3 rings (SSSR count). The third-order valence-corrected chi connectivity index (χ3v) is 7.52. The number of likely N-dealkylation sites (tertiary alicyclic amines) is 1. The molecule has 32 heavy (non-hydrogen) atoms. The molecule has 2 aliphatic rings. The van der Waals surface area contributed by atoms with Crippen LogP contribution in [0.3, 0.4) is 0 Å². The van der Waals surface area contributed by atoms with Crippen molar-refractivity contribution in [3.63, 3.8) is 0 Å². The second-order valence-electron chi connectivity index (χ2n) is 7.55. The van der Waals surface area contributed by atoms with Crippen LogP contribution < -0.4 is 5.32 Å². The molecule has 0 unspecified atom stereocenters. The first-order valence-corrected chi connectivity index (χ1v) is 10.7. The van der Waals surface area contributed by atoms with Crippen molar-refractivity contribution < 1.29 is 44.3 Å². The Bertz CT molecular complexity index is 1090. The molecule has 1 saturated carbocycles. The maximum Gasteiger partial charge on any atom is 0.471 e. The van der Waals surface area contributed by atoms with E-state index in [1.807, 2.05) is 0 Å². The molecule has 14 heteroatoms. The summed E-state index contributed by atoms with van der Waals surface area (Å²) < 4.78 is 105. The van der Waals surface area contributed by atoms with Crippen LogP contribution in [0.15, 0.2) is 29.2 Å². The van der Waals surface area contributed by atoms with Gasteiger partial charge in [-0.3, -0.25) is 9.59 Å². The number of carbonyl (C=O) groups is 2. The molecule has 1 aliphatic heterocycles. The minimum atomic E-state index is -5.45. The SMILES string of the molecule is N#CC1(NC(=O)[C@@H]2C[C@@H](S(=O)(=O)c3ccccc3C(F)(F)F)CN2C(=O)C(F)(F)F)CC1. The summed E-state index contributed by atoms with van der Waals surface area (Å²) >= 11 is 0. The molecule has 1 saturated heterocycles. The van der Waals surface area contributed by atoms with Crippen LogP contribution in [0.1, 0.15) is 24.8 Å². The van der Waals surface area contributed by atoms with Gasteiger partial charge < -0.3 is 10.2 Å². The van der Waals surface area contributed by atoms with Crippen LogP contribution in [-0.2, 0) is 25.6 Å². The van der Waals surface area contributed by atoms with Gasteiger partial charge in [0.15, 0.2) is 9.84 Å². The van der Waals surface area contributed by atoms with Gasteiger partial charge in [-0.15, -0.1) is 0 Å². The van der Waals surface area contributed by atoms with E-state index in [0.29, 0.717) is 12.1 Å². The van der Waals surface area contributed by atoms with Gasteiger partial charge in [-0.25, -0.2) is 8.42 Å². The van der Waals surface area contributed by atoms with Crippen molar-refractivity contribution in [2.24, 2.45) is 0 Å². The highest BCUT2D eigenvalue weighted by atomic mass is 32.2. The van der Waals surface area contributed by atoms with E-state index < -0.39 is 74.3 Å². The molecule has 1 aromatic rings. The smallest absolute Gasteiger partial charge is 0.336 e. The van der Waals surface area contributed by atoms with Crippen LogP contribution in [0.25, 0.3) is 0 Å². The van der Waals surface area contributed by atoms with Crippen LogP contribution in [0.5, 0.6) is 0 Å². The molecule has 0 bridgehead atoms. The van der Waals surface area contributed by atoms with E-state index in [1.165, 1.54) is 0 Å². The number of nitrogens with zero attached hydrogens (tertiary/aromatic N) is 2. The van der Waals surface area contributed by atoms with Gasteiger partial charge in [0.2, 0.25) is 5.91 Å². The third kappa shape index (κ3) is 4.38. The van der Waals surface area contributed by atoms with Gasteiger partial charge in [0.1, 0.15) is 11.6 Å². The van der Waals surface area contributed by atoms with E-state index in [2.05, 4.69) is 5.32 Å². The van der Waals surface area contributed by atoms with Crippen molar-refractivity contribution in [2.45, 2.75) is 53.3 Å². The number of nitrogens with one attached hydrogen (secondary N) is 1. The first-order valence-electron chi connectivity index (χ1n) is 9.13. The largest absolute Gasteiger partial charge is 0.471 e. The lowest BCUT2D eigenvalue weighted by Crippen LogP contribution is -2.52. The van der Waals surface area contributed by atoms with Crippen LogP contribution in [0, 0.1) is 11.3 Å². The summed E-state index contributed by atoms with van der Waals surface area (Å²) in [5.74, 6) is -3.68. The summed E-state index contributed by atoms with van der Waals surface area (Å²) in [6, 6.07) is 2.98. The summed E-state index contributed by atoms with van der Waals surface area (Å²) in [5.41, 5.74) is -2.83. The molecule has 2 amide bonds. The van der Waals surface area contributed by atoms with Crippen LogP contribution >= 0.6 is 0 Å². The monoisotopic (exact) mass is 483 g/mol. The number of rotatable bonds is 4. The summed E-state index contributed by atoms with van der Waals surface area (Å²) in [4.78, 5) is 23.2. The summed E-state index contributed by atoms with van der Waals surface area (Å²) in [5, 5.41) is 9.37. The number of hydrogen-bond donors (Lipinski definition) is 1. The van der Waals surface area contributed by atoms with E-state index >= 15 is 0 Å². The molecule has 7 nitrogen and oxygen atoms in total. The lowest BCUT2D eigenvalue weighted by atomic mass is 10.1. The van der Waals surface area contributed by atoms with Gasteiger partial charge >= 0.3 is 18.3 Å². The van der Waals surface area contributed by atoms with Crippen LogP contribution in [-0.4, -0.2) is 54.7 Å². The highest BCUT2D eigenvalue weighted by molar-refractivity contribution is 7.92. The Morgan fingerprint density at radius 2 is 1.72 bits per heavy atom. The molecule has 1 aliphatic carbocycles. The first kappa shape index (κ1) is 23.8. The van der Waals surface area contributed by atoms with E-state index in [4.69, 9.17) is 5.26 Å². The van der Waals surface area contributed by atoms with Crippen molar-refractivity contribution >= 4 is 21.7 Å². The molecular formula is C18H15F6N3O4S. The van der Waals surface area contributed by atoms with Crippen molar-refractivity contribution in [1.82, 2.24) is 10.2 Å². The second kappa shape index (κ2) is 7.65. The number of nitriles is 1. The van der Waals surface area contributed by atoms with Crippen LogP contribution in [0.2, 0.25) is 0 Å². The Hall–Kier alpha value is -2.82. The Balaban J connectivity index is 1.98. The van der Waals surface area contributed by atoms with Crippen molar-refractivity contribution in [3.8, 4) is 6.07 Å². The number of alkyl halides is 6. The van der Waals surface area contributed by atoms with Gasteiger partial charge in [0.05, 0.1) is 21.8 Å². The molecular weight excluding hydrogens is 468 g/mol. The second-order valence-corrected chi connectivity index (χ2v) is 9.75. The number of sulfone groups is 1. The Labute approximate surface area is 177 Å². The molecule has 1 heterocycles. The first-order chi connectivity index (χ1) is 14.6. The average molecular weight is 483 g/mol. The zero-order valence-corrected chi connectivity index (χ0v) is 16.8. The third-order valence-electron chi connectivity index (χ3n) is 5.33. The zero-order chi connectivity index (χ0) is 24.1. The molecule has 1 aromatic carbocycles. The molecule has 2 atom stereocenters. The van der Waals surface area contributed by atoms with Crippen molar-refractivity contribution in [2.75, 3.05) is 6.54 Å². The summed E-state index contributed by atoms with van der Waals surface area (Å²) in [7, 11) is -4.89. The number of halogens is 6. The highest BCUT2D eigenvalue weighted by Gasteiger charge is 2.55. The summed E-state index contributed by atoms with van der Waals surface area (Å²) in [6.07, 6.45) is -10.9. The fourth-order valence-electron chi connectivity index (χ4n) is 3.50. The molecule has 2 fully saturated rings. The van der Waals surface area contributed by atoms with Gasteiger partial charge in [-0.05, 0) is 31.4 Å². The Kier molecular flexibility index (Phi) is 5.70. The van der Waals surface area contributed by atoms with Crippen LogP contribution in [0.4, 0.5) is 26.3 Å². The van der Waals surface area contributed by atoms with Gasteiger partial charge in [0.25, 0.3) is 0 Å². The predicted molar refractivity (Wildman–Crippen MR) is 94.3 cm³/mol. The van der Waals surface area contributed by atoms with Gasteiger partial charge in [0, 0.05) is 6.54 Å². The molecule has 0 aromatic heterocycles. The van der Waals surface area contributed by atoms with E-state index in [0.717, 1.165) is 12.1 Å². The maximum absolute atomic E-state index is 13.3. The van der Waals surface area contributed by atoms with Gasteiger partial charge in [-0.2, -0.15) is 31.6 Å². The standard InChI is InChI=1S/C18H15F6N3O4S/c19-17(20,21)11-3-1-2-4-13(11)32(30,31)10-7-12(14(28)26-16(9-25)5-6-16)27(8-10)15(29)18(22,23)24/h1-4,10,12H,5-8H2,(H,26,28)/t10-,12+/m1/s1. The van der Waals surface area contributed by atoms with E-state index in [1.54, 1.807) is 6.07 Å². The minimum absolute atomic E-state index is 0.0127. The average Bonchev–Trinajstić information content (AvgIpc) is 3.31.